The summed E-state index contributed by atoms with van der Waals surface area (Å²) in [6.07, 6.45) is -1.27. The molecule has 0 aliphatic carbocycles. The Morgan fingerprint density at radius 2 is 2.03 bits per heavy atom. The van der Waals surface area contributed by atoms with Gasteiger partial charge in [0.15, 0.2) is 6.23 Å². The number of rotatable bonds is 5. The van der Waals surface area contributed by atoms with Crippen LogP contribution in [0.2, 0.25) is 0 Å². The van der Waals surface area contributed by atoms with Crippen LogP contribution in [0, 0.1) is 11.3 Å². The molecule has 0 aliphatic heterocycles. The summed E-state index contributed by atoms with van der Waals surface area (Å²) in [7, 11) is 0. The van der Waals surface area contributed by atoms with Crippen molar-refractivity contribution in [3.8, 4) is 6.07 Å². The van der Waals surface area contributed by atoms with Crippen LogP contribution in [-0.4, -0.2) is 24.9 Å². The molecule has 0 saturated heterocycles. The van der Waals surface area contributed by atoms with Crippen molar-refractivity contribution >= 4 is 16.6 Å². The Morgan fingerprint density at radius 1 is 1.19 bits per heavy atom. The van der Waals surface area contributed by atoms with Gasteiger partial charge >= 0.3 is 6.18 Å². The lowest BCUT2D eigenvalue weighted by Crippen LogP contribution is -2.11. The van der Waals surface area contributed by atoms with Crippen molar-refractivity contribution in [2.45, 2.75) is 18.9 Å². The average Bonchev–Trinajstić information content (AvgIpc) is 3.10. The van der Waals surface area contributed by atoms with Crippen molar-refractivity contribution in [1.82, 2.24) is 19.7 Å². The molecule has 2 N–H and O–H groups in total. The van der Waals surface area contributed by atoms with E-state index in [1.54, 1.807) is 41.1 Å². The third-order valence-corrected chi connectivity index (χ3v) is 4.64. The van der Waals surface area contributed by atoms with Crippen LogP contribution in [0.3, 0.4) is 0 Å². The largest absolute Gasteiger partial charge is 0.433 e. The first-order valence-corrected chi connectivity index (χ1v) is 9.12. The highest BCUT2D eigenvalue weighted by Crippen LogP contribution is 2.31. The Hall–Kier alpha value is -3.97. The monoisotopic (exact) mass is 424 g/mol. The number of alkyl halides is 3. The third-order valence-electron chi connectivity index (χ3n) is 4.64. The number of pyridine rings is 1. The Bertz CT molecular complexity index is 1250. The van der Waals surface area contributed by atoms with Gasteiger partial charge in [-0.25, -0.2) is 0 Å². The summed E-state index contributed by atoms with van der Waals surface area (Å²) in [5, 5.41) is 30.9. The molecule has 0 fully saturated rings. The molecule has 4 aromatic rings. The lowest BCUT2D eigenvalue weighted by Gasteiger charge is -2.12. The number of nitriles is 1. The smallest absolute Gasteiger partial charge is 0.368 e. The van der Waals surface area contributed by atoms with E-state index in [4.69, 9.17) is 0 Å². The second kappa shape index (κ2) is 8.04. The van der Waals surface area contributed by atoms with Gasteiger partial charge in [-0.15, -0.1) is 0 Å². The zero-order chi connectivity index (χ0) is 22.0. The average molecular weight is 424 g/mol. The Labute approximate surface area is 174 Å². The van der Waals surface area contributed by atoms with Crippen molar-refractivity contribution < 1.29 is 18.3 Å². The number of hydrogen-bond acceptors (Lipinski definition) is 6. The summed E-state index contributed by atoms with van der Waals surface area (Å²) in [4.78, 5) is 3.50. The van der Waals surface area contributed by atoms with Crippen molar-refractivity contribution in [3.63, 3.8) is 0 Å². The summed E-state index contributed by atoms with van der Waals surface area (Å²) < 4.78 is 40.1. The molecule has 3 aromatic heterocycles. The molecular formula is C21H15F3N6O. The molecule has 0 saturated carbocycles. The minimum Gasteiger partial charge on any atom is -0.368 e. The van der Waals surface area contributed by atoms with E-state index in [0.717, 1.165) is 11.6 Å². The van der Waals surface area contributed by atoms with Crippen molar-refractivity contribution in [2.75, 3.05) is 5.32 Å². The number of nitrogens with one attached hydrogen (secondary N) is 1. The van der Waals surface area contributed by atoms with Gasteiger partial charge in [0.05, 0.1) is 22.8 Å². The van der Waals surface area contributed by atoms with Gasteiger partial charge in [-0.2, -0.15) is 28.6 Å². The van der Waals surface area contributed by atoms with E-state index in [2.05, 4.69) is 26.6 Å². The van der Waals surface area contributed by atoms with Gasteiger partial charge in [-0.05, 0) is 42.0 Å². The summed E-state index contributed by atoms with van der Waals surface area (Å²) in [5.74, 6) is 0. The van der Waals surface area contributed by atoms with Crippen LogP contribution in [0.15, 0.2) is 61.1 Å². The molecule has 31 heavy (non-hydrogen) atoms. The normalized spacial score (nSPS) is 12.5. The number of benzene rings is 1. The minimum atomic E-state index is -4.50. The van der Waals surface area contributed by atoms with E-state index in [0.29, 0.717) is 27.9 Å². The highest BCUT2D eigenvalue weighted by atomic mass is 19.4. The van der Waals surface area contributed by atoms with Crippen LogP contribution in [0.5, 0.6) is 0 Å². The summed E-state index contributed by atoms with van der Waals surface area (Å²) in [6.45, 7) is 0.246. The molecule has 0 spiro atoms. The Kier molecular flexibility index (Phi) is 5.27. The molecule has 0 aliphatic rings. The van der Waals surface area contributed by atoms with Gasteiger partial charge < -0.3 is 15.0 Å². The van der Waals surface area contributed by atoms with E-state index in [1.807, 2.05) is 0 Å². The maximum Gasteiger partial charge on any atom is 0.433 e. The zero-order valence-electron chi connectivity index (χ0n) is 15.9. The van der Waals surface area contributed by atoms with Crippen LogP contribution >= 0.6 is 0 Å². The van der Waals surface area contributed by atoms with E-state index < -0.39 is 18.1 Å². The third kappa shape index (κ3) is 4.31. The van der Waals surface area contributed by atoms with Crippen LogP contribution in [0.25, 0.3) is 10.9 Å². The topological polar surface area (TPSA) is 99.6 Å². The fourth-order valence-electron chi connectivity index (χ4n) is 3.18. The summed E-state index contributed by atoms with van der Waals surface area (Å²) >= 11 is 0. The van der Waals surface area contributed by atoms with Crippen LogP contribution < -0.4 is 5.32 Å². The van der Waals surface area contributed by atoms with Gasteiger partial charge in [-0.3, -0.25) is 4.98 Å². The first kappa shape index (κ1) is 20.3. The number of aromatic nitrogens is 4. The summed E-state index contributed by atoms with van der Waals surface area (Å²) in [5.41, 5.74) is 1.61. The maximum absolute atomic E-state index is 12.8. The van der Waals surface area contributed by atoms with Crippen LogP contribution in [0.4, 0.5) is 18.9 Å². The molecule has 0 bridgehead atoms. The second-order valence-corrected chi connectivity index (χ2v) is 6.76. The fourth-order valence-corrected chi connectivity index (χ4v) is 3.18. The SMILES string of the molecule is N#Cc1ccc2c(c1)c(NC(O)c1cccnn1)cn2Cc1ccc(C(F)(F)F)nc1. The molecule has 1 atom stereocenters. The number of hydrogen-bond donors (Lipinski definition) is 2. The standard InChI is InChI=1S/C21H15F3N6O/c22-21(23,24)19-6-4-14(10-26-19)11-30-12-17(15-8-13(9-25)3-5-18(15)30)28-20(31)16-2-1-7-27-29-16/h1-8,10,12,20,28,31H,11H2. The van der Waals surface area contributed by atoms with E-state index in [9.17, 15) is 23.5 Å². The van der Waals surface area contributed by atoms with Gasteiger partial charge in [0.25, 0.3) is 0 Å². The predicted octanol–water partition coefficient (Wildman–Crippen LogP) is 3.87. The number of halogens is 3. The van der Waals surface area contributed by atoms with Gasteiger partial charge in [0.2, 0.25) is 0 Å². The lowest BCUT2D eigenvalue weighted by atomic mass is 10.1. The quantitative estimate of drug-likeness (QED) is 0.472. The Balaban J connectivity index is 1.68. The number of anilines is 1. The van der Waals surface area contributed by atoms with Crippen LogP contribution in [0.1, 0.15) is 28.7 Å². The van der Waals surface area contributed by atoms with Gasteiger partial charge in [0.1, 0.15) is 11.4 Å². The predicted molar refractivity (Wildman–Crippen MR) is 106 cm³/mol. The first-order chi connectivity index (χ1) is 14.8. The van der Waals surface area contributed by atoms with Crippen molar-refractivity contribution in [3.05, 3.63) is 83.6 Å². The fraction of sp³-hybridized carbons (Fsp3) is 0.143. The van der Waals surface area contributed by atoms with E-state index in [1.165, 1.54) is 18.5 Å². The van der Waals surface area contributed by atoms with Gasteiger partial charge in [-0.1, -0.05) is 6.07 Å². The first-order valence-electron chi connectivity index (χ1n) is 9.12. The second-order valence-electron chi connectivity index (χ2n) is 6.76. The molecule has 4 rings (SSSR count). The molecule has 156 valence electrons. The van der Waals surface area contributed by atoms with Crippen molar-refractivity contribution in [2.24, 2.45) is 0 Å². The molecule has 1 unspecified atom stereocenters. The van der Waals surface area contributed by atoms with Gasteiger partial charge in [0, 0.05) is 30.5 Å². The highest BCUT2D eigenvalue weighted by molar-refractivity contribution is 5.94. The number of fused-ring (bicyclic) bond motifs is 1. The number of aliphatic hydroxyl groups excluding tert-OH is 1. The summed E-state index contributed by atoms with van der Waals surface area (Å²) in [6, 6.07) is 12.7. The minimum absolute atomic E-state index is 0.246. The van der Waals surface area contributed by atoms with Crippen molar-refractivity contribution in [1.29, 1.82) is 5.26 Å². The van der Waals surface area contributed by atoms with E-state index in [-0.39, 0.29) is 6.54 Å². The number of nitrogens with zero attached hydrogens (tertiary/aromatic N) is 5. The van der Waals surface area contributed by atoms with Crippen LogP contribution in [-0.2, 0) is 12.7 Å². The number of aliphatic hydroxyl groups is 1. The highest BCUT2D eigenvalue weighted by Gasteiger charge is 2.32. The molecule has 0 radical (unpaired) electrons. The zero-order valence-corrected chi connectivity index (χ0v) is 15.9. The molecule has 0 amide bonds. The molecule has 10 heteroatoms. The molecule has 1 aromatic carbocycles. The molecule has 3 heterocycles. The Morgan fingerprint density at radius 3 is 2.68 bits per heavy atom. The molecule has 7 nitrogen and oxygen atoms in total. The lowest BCUT2D eigenvalue weighted by molar-refractivity contribution is -0.141. The molecular weight excluding hydrogens is 409 g/mol. The van der Waals surface area contributed by atoms with E-state index >= 15 is 0 Å². The maximum atomic E-state index is 12.8.